The predicted molar refractivity (Wildman–Crippen MR) is 88.2 cm³/mol. The SMILES string of the molecule is COc1c(C)cc(Br)c(C)c1C(N)C1CCCC1(C)C. The van der Waals surface area contributed by atoms with Crippen LogP contribution in [0.1, 0.15) is 55.8 Å². The fourth-order valence-corrected chi connectivity index (χ4v) is 4.33. The van der Waals surface area contributed by atoms with Gasteiger partial charge in [-0.1, -0.05) is 36.2 Å². The van der Waals surface area contributed by atoms with Crippen LogP contribution in [0.3, 0.4) is 0 Å². The van der Waals surface area contributed by atoms with Crippen LogP contribution in [0.5, 0.6) is 5.75 Å². The molecule has 0 spiro atoms. The van der Waals surface area contributed by atoms with Crippen LogP contribution in [0.2, 0.25) is 0 Å². The highest BCUT2D eigenvalue weighted by molar-refractivity contribution is 9.10. The summed E-state index contributed by atoms with van der Waals surface area (Å²) >= 11 is 3.65. The van der Waals surface area contributed by atoms with Gasteiger partial charge in [0.2, 0.25) is 0 Å². The van der Waals surface area contributed by atoms with E-state index in [1.54, 1.807) is 7.11 Å². The van der Waals surface area contributed by atoms with E-state index in [-0.39, 0.29) is 6.04 Å². The maximum Gasteiger partial charge on any atom is 0.126 e. The number of nitrogens with two attached hydrogens (primary N) is 1. The summed E-state index contributed by atoms with van der Waals surface area (Å²) in [6, 6.07) is 2.16. The number of aryl methyl sites for hydroxylation is 1. The zero-order chi connectivity index (χ0) is 15.1. The van der Waals surface area contributed by atoms with Crippen molar-refractivity contribution in [1.29, 1.82) is 0 Å². The molecule has 0 aromatic heterocycles. The zero-order valence-electron chi connectivity index (χ0n) is 13.2. The summed E-state index contributed by atoms with van der Waals surface area (Å²) in [6.45, 7) is 8.90. The normalized spacial score (nSPS) is 22.9. The molecule has 1 aliphatic carbocycles. The Labute approximate surface area is 131 Å². The van der Waals surface area contributed by atoms with Crippen LogP contribution in [0.4, 0.5) is 0 Å². The average molecular weight is 340 g/mol. The fraction of sp³-hybridized carbons (Fsp3) is 0.647. The molecule has 1 fully saturated rings. The van der Waals surface area contributed by atoms with Crippen molar-refractivity contribution in [2.75, 3.05) is 7.11 Å². The number of hydrogen-bond donors (Lipinski definition) is 1. The lowest BCUT2D eigenvalue weighted by Crippen LogP contribution is -2.30. The molecule has 0 aliphatic heterocycles. The topological polar surface area (TPSA) is 35.2 Å². The van der Waals surface area contributed by atoms with Gasteiger partial charge in [-0.25, -0.2) is 0 Å². The van der Waals surface area contributed by atoms with Gasteiger partial charge < -0.3 is 10.5 Å². The summed E-state index contributed by atoms with van der Waals surface area (Å²) < 4.78 is 6.78. The number of halogens is 1. The van der Waals surface area contributed by atoms with E-state index in [0.29, 0.717) is 11.3 Å². The molecule has 1 aromatic rings. The quantitative estimate of drug-likeness (QED) is 0.849. The second-order valence-electron chi connectivity index (χ2n) is 6.76. The van der Waals surface area contributed by atoms with Crippen molar-refractivity contribution in [2.45, 2.75) is 53.0 Å². The number of rotatable bonds is 3. The molecule has 0 bridgehead atoms. The van der Waals surface area contributed by atoms with E-state index in [1.165, 1.54) is 30.4 Å². The van der Waals surface area contributed by atoms with Crippen molar-refractivity contribution in [3.05, 3.63) is 27.2 Å². The lowest BCUT2D eigenvalue weighted by Gasteiger charge is -2.34. The third-order valence-corrected chi connectivity index (χ3v) is 5.84. The van der Waals surface area contributed by atoms with E-state index in [1.807, 2.05) is 0 Å². The summed E-state index contributed by atoms with van der Waals surface area (Å²) in [7, 11) is 1.74. The van der Waals surface area contributed by atoms with Gasteiger partial charge in [0, 0.05) is 16.1 Å². The Kier molecular flexibility index (Phi) is 4.50. The smallest absolute Gasteiger partial charge is 0.126 e. The van der Waals surface area contributed by atoms with Gasteiger partial charge in [-0.15, -0.1) is 0 Å². The third-order valence-electron chi connectivity index (χ3n) is 5.02. The van der Waals surface area contributed by atoms with Crippen molar-refractivity contribution in [1.82, 2.24) is 0 Å². The Bertz CT molecular complexity index is 510. The van der Waals surface area contributed by atoms with Crippen molar-refractivity contribution in [2.24, 2.45) is 17.1 Å². The molecular weight excluding hydrogens is 314 g/mol. The minimum Gasteiger partial charge on any atom is -0.496 e. The first-order valence-electron chi connectivity index (χ1n) is 7.38. The van der Waals surface area contributed by atoms with Gasteiger partial charge in [0.25, 0.3) is 0 Å². The summed E-state index contributed by atoms with van der Waals surface area (Å²) in [6.07, 6.45) is 3.75. The van der Waals surface area contributed by atoms with Crippen LogP contribution in [0, 0.1) is 25.2 Å². The van der Waals surface area contributed by atoms with Crippen molar-refractivity contribution in [3.8, 4) is 5.75 Å². The predicted octanol–water partition coefficient (Wildman–Crippen LogP) is 4.90. The molecule has 2 N–H and O–H groups in total. The van der Waals surface area contributed by atoms with E-state index >= 15 is 0 Å². The van der Waals surface area contributed by atoms with Crippen LogP contribution >= 0.6 is 15.9 Å². The van der Waals surface area contributed by atoms with Gasteiger partial charge in [0.1, 0.15) is 5.75 Å². The summed E-state index contributed by atoms with van der Waals surface area (Å²) in [5.41, 5.74) is 10.5. The fourth-order valence-electron chi connectivity index (χ4n) is 3.77. The molecule has 2 nitrogen and oxygen atoms in total. The molecule has 1 aliphatic rings. The standard InChI is InChI=1S/C17H26BrNO/c1-10-9-13(18)11(2)14(16(10)20-5)15(19)12-7-6-8-17(12,3)4/h9,12,15H,6-8,19H2,1-5H3. The van der Waals surface area contributed by atoms with Gasteiger partial charge in [-0.2, -0.15) is 0 Å². The largest absolute Gasteiger partial charge is 0.496 e. The lowest BCUT2D eigenvalue weighted by atomic mass is 9.75. The zero-order valence-corrected chi connectivity index (χ0v) is 14.8. The monoisotopic (exact) mass is 339 g/mol. The number of ether oxygens (including phenoxy) is 1. The first kappa shape index (κ1) is 15.8. The Morgan fingerprint density at radius 2 is 2.05 bits per heavy atom. The molecule has 0 radical (unpaired) electrons. The maximum atomic E-state index is 6.69. The number of methoxy groups -OCH3 is 1. The first-order chi connectivity index (χ1) is 9.29. The van der Waals surface area contributed by atoms with E-state index in [9.17, 15) is 0 Å². The average Bonchev–Trinajstić information content (AvgIpc) is 2.72. The highest BCUT2D eigenvalue weighted by Crippen LogP contribution is 2.50. The second-order valence-corrected chi connectivity index (χ2v) is 7.61. The molecular formula is C17H26BrNO. The minimum absolute atomic E-state index is 0.0404. The van der Waals surface area contributed by atoms with Gasteiger partial charge >= 0.3 is 0 Å². The molecule has 0 amide bonds. The van der Waals surface area contributed by atoms with Gasteiger partial charge in [-0.05, 0) is 55.2 Å². The Balaban J connectivity index is 2.51. The molecule has 2 unspecified atom stereocenters. The highest BCUT2D eigenvalue weighted by atomic mass is 79.9. The molecule has 0 heterocycles. The van der Waals surface area contributed by atoms with Gasteiger partial charge in [-0.3, -0.25) is 0 Å². The lowest BCUT2D eigenvalue weighted by molar-refractivity contribution is 0.219. The van der Waals surface area contributed by atoms with Crippen molar-refractivity contribution >= 4 is 15.9 Å². The van der Waals surface area contributed by atoms with Gasteiger partial charge in [0.15, 0.2) is 0 Å². The van der Waals surface area contributed by atoms with Crippen LogP contribution in [0.15, 0.2) is 10.5 Å². The summed E-state index contributed by atoms with van der Waals surface area (Å²) in [5.74, 6) is 1.48. The Morgan fingerprint density at radius 3 is 2.55 bits per heavy atom. The van der Waals surface area contributed by atoms with E-state index < -0.39 is 0 Å². The molecule has 2 atom stereocenters. The van der Waals surface area contributed by atoms with E-state index in [0.717, 1.165) is 15.8 Å². The molecule has 1 aromatic carbocycles. The first-order valence-corrected chi connectivity index (χ1v) is 8.18. The second kappa shape index (κ2) is 5.69. The molecule has 3 heteroatoms. The third kappa shape index (κ3) is 2.62. The van der Waals surface area contributed by atoms with E-state index in [2.05, 4.69) is 49.7 Å². The highest BCUT2D eigenvalue weighted by Gasteiger charge is 2.40. The maximum absolute atomic E-state index is 6.69. The minimum atomic E-state index is 0.0404. The van der Waals surface area contributed by atoms with Crippen molar-refractivity contribution < 1.29 is 4.74 Å². The van der Waals surface area contributed by atoms with E-state index in [4.69, 9.17) is 10.5 Å². The van der Waals surface area contributed by atoms with Gasteiger partial charge in [0.05, 0.1) is 7.11 Å². The Morgan fingerprint density at radius 1 is 1.40 bits per heavy atom. The molecule has 2 rings (SSSR count). The summed E-state index contributed by atoms with van der Waals surface area (Å²) in [5, 5.41) is 0. The molecule has 1 saturated carbocycles. The molecule has 0 saturated heterocycles. The van der Waals surface area contributed by atoms with Crippen LogP contribution in [-0.4, -0.2) is 7.11 Å². The number of benzene rings is 1. The van der Waals surface area contributed by atoms with Crippen molar-refractivity contribution in [3.63, 3.8) is 0 Å². The van der Waals surface area contributed by atoms with Crippen LogP contribution in [0.25, 0.3) is 0 Å². The summed E-state index contributed by atoms with van der Waals surface area (Å²) in [4.78, 5) is 0. The Hall–Kier alpha value is -0.540. The van der Waals surface area contributed by atoms with Crippen LogP contribution < -0.4 is 10.5 Å². The van der Waals surface area contributed by atoms with Crippen LogP contribution in [-0.2, 0) is 0 Å². The number of hydrogen-bond acceptors (Lipinski definition) is 2. The molecule has 112 valence electrons. The molecule has 20 heavy (non-hydrogen) atoms.